The Morgan fingerprint density at radius 1 is 0.676 bits per heavy atom. The zero-order chi connectivity index (χ0) is 24.4. The topological polar surface area (TPSA) is 27.7 Å². The van der Waals surface area contributed by atoms with Crippen molar-refractivity contribution in [1.29, 1.82) is 0 Å². The van der Waals surface area contributed by atoms with Gasteiger partial charge in [0, 0.05) is 6.61 Å². The highest BCUT2D eigenvalue weighted by molar-refractivity contribution is 6.32. The van der Waals surface area contributed by atoms with E-state index in [-0.39, 0.29) is 6.10 Å². The fourth-order valence-electron chi connectivity index (χ4n) is 3.83. The third kappa shape index (κ3) is 11.6. The fraction of sp³-hybridized carbons (Fsp3) is 0.600. The maximum Gasteiger partial charge on any atom is 0.137 e. The van der Waals surface area contributed by atoms with Gasteiger partial charge in [0.25, 0.3) is 0 Å². The van der Waals surface area contributed by atoms with Gasteiger partial charge in [-0.3, -0.25) is 0 Å². The molecule has 190 valence electrons. The van der Waals surface area contributed by atoms with E-state index in [4.69, 9.17) is 25.8 Å². The highest BCUT2D eigenvalue weighted by Crippen LogP contribution is 2.31. The van der Waals surface area contributed by atoms with Gasteiger partial charge in [0.15, 0.2) is 0 Å². The largest absolute Gasteiger partial charge is 0.492 e. The molecule has 0 radical (unpaired) electrons. The molecule has 0 N–H and O–H groups in total. The summed E-state index contributed by atoms with van der Waals surface area (Å²) in [5.74, 6) is 1.61. The van der Waals surface area contributed by atoms with Crippen molar-refractivity contribution in [1.82, 2.24) is 0 Å². The van der Waals surface area contributed by atoms with Crippen LogP contribution in [0.15, 0.2) is 42.5 Å². The van der Waals surface area contributed by atoms with E-state index in [9.17, 15) is 0 Å². The summed E-state index contributed by atoms with van der Waals surface area (Å²) < 4.78 is 17.5. The molecular formula is C30H45ClO3. The van der Waals surface area contributed by atoms with Gasteiger partial charge in [0.05, 0.1) is 17.7 Å². The highest BCUT2D eigenvalue weighted by atomic mass is 35.5. The molecule has 3 nitrogen and oxygen atoms in total. The lowest BCUT2D eigenvalue weighted by Gasteiger charge is -2.14. The summed E-state index contributed by atoms with van der Waals surface area (Å²) >= 11 is 6.51. The molecular weight excluding hydrogens is 444 g/mol. The van der Waals surface area contributed by atoms with Crippen LogP contribution in [0.2, 0.25) is 5.02 Å². The second kappa shape index (κ2) is 17.7. The molecule has 0 amide bonds. The molecule has 0 fully saturated rings. The van der Waals surface area contributed by atoms with Gasteiger partial charge in [0.2, 0.25) is 0 Å². The van der Waals surface area contributed by atoms with E-state index >= 15 is 0 Å². The molecule has 0 aliphatic carbocycles. The zero-order valence-electron chi connectivity index (χ0n) is 21.6. The third-order valence-electron chi connectivity index (χ3n) is 6.01. The Labute approximate surface area is 213 Å². The van der Waals surface area contributed by atoms with Crippen molar-refractivity contribution < 1.29 is 14.2 Å². The van der Waals surface area contributed by atoms with Crippen molar-refractivity contribution >= 4 is 11.6 Å². The van der Waals surface area contributed by atoms with Crippen LogP contribution in [0.4, 0.5) is 0 Å². The van der Waals surface area contributed by atoms with Gasteiger partial charge in [-0.15, -0.1) is 0 Å². The Morgan fingerprint density at radius 3 is 1.94 bits per heavy atom. The Hall–Kier alpha value is -1.71. The number of benzene rings is 2. The minimum Gasteiger partial charge on any atom is -0.492 e. The van der Waals surface area contributed by atoms with Crippen LogP contribution >= 0.6 is 11.6 Å². The molecule has 2 rings (SSSR count). The average Bonchev–Trinajstić information content (AvgIpc) is 2.85. The Kier molecular flexibility index (Phi) is 14.8. The first-order valence-electron chi connectivity index (χ1n) is 13.4. The van der Waals surface area contributed by atoms with Gasteiger partial charge in [-0.1, -0.05) is 101 Å². The number of hydrogen-bond acceptors (Lipinski definition) is 3. The van der Waals surface area contributed by atoms with E-state index in [2.05, 4.69) is 32.0 Å². The predicted molar refractivity (Wildman–Crippen MR) is 145 cm³/mol. The summed E-state index contributed by atoms with van der Waals surface area (Å²) in [5.41, 5.74) is 2.18. The summed E-state index contributed by atoms with van der Waals surface area (Å²) in [4.78, 5) is 0. The molecule has 1 atom stereocenters. The van der Waals surface area contributed by atoms with Gasteiger partial charge < -0.3 is 14.2 Å². The Bertz CT molecular complexity index is 775. The molecule has 1 unspecified atom stereocenters. The first-order chi connectivity index (χ1) is 16.6. The van der Waals surface area contributed by atoms with Crippen molar-refractivity contribution in [2.45, 2.75) is 97.5 Å². The van der Waals surface area contributed by atoms with E-state index in [0.717, 1.165) is 55.1 Å². The van der Waals surface area contributed by atoms with Crippen LogP contribution < -0.4 is 9.47 Å². The molecule has 0 aliphatic heterocycles. The molecule has 2 aromatic carbocycles. The predicted octanol–water partition coefficient (Wildman–Crippen LogP) is 9.50. The number of unbranched alkanes of at least 4 members (excludes halogenated alkanes) is 9. The Balaban J connectivity index is 1.69. The molecule has 4 heteroatoms. The van der Waals surface area contributed by atoms with Crippen molar-refractivity contribution in [3.8, 4) is 22.6 Å². The van der Waals surface area contributed by atoms with E-state index < -0.39 is 0 Å². The van der Waals surface area contributed by atoms with Crippen molar-refractivity contribution in [2.75, 3.05) is 19.8 Å². The lowest BCUT2D eigenvalue weighted by molar-refractivity contribution is 0.0309. The zero-order valence-corrected chi connectivity index (χ0v) is 22.4. The maximum atomic E-state index is 6.51. The number of halogens is 1. The smallest absolute Gasteiger partial charge is 0.137 e. The van der Waals surface area contributed by atoms with Gasteiger partial charge >= 0.3 is 0 Å². The number of hydrogen-bond donors (Lipinski definition) is 0. The van der Waals surface area contributed by atoms with E-state index in [1.54, 1.807) is 0 Å². The second-order valence-corrected chi connectivity index (χ2v) is 9.60. The van der Waals surface area contributed by atoms with Crippen LogP contribution in [0.25, 0.3) is 11.1 Å². The van der Waals surface area contributed by atoms with E-state index in [0.29, 0.717) is 11.6 Å². The monoisotopic (exact) mass is 488 g/mol. The highest BCUT2D eigenvalue weighted by Gasteiger charge is 2.07. The number of rotatable bonds is 19. The quantitative estimate of drug-likeness (QED) is 0.184. The lowest BCUT2D eigenvalue weighted by atomic mass is 10.1. The fourth-order valence-corrected chi connectivity index (χ4v) is 4.06. The van der Waals surface area contributed by atoms with Gasteiger partial charge in [-0.25, -0.2) is 0 Å². The summed E-state index contributed by atoms with van der Waals surface area (Å²) in [6, 6.07) is 14.1. The molecule has 0 aromatic heterocycles. The number of ether oxygens (including phenoxy) is 3. The van der Waals surface area contributed by atoms with Crippen LogP contribution in [0.5, 0.6) is 11.5 Å². The first-order valence-corrected chi connectivity index (χ1v) is 13.8. The third-order valence-corrected chi connectivity index (χ3v) is 6.31. The van der Waals surface area contributed by atoms with Crippen LogP contribution in [0.3, 0.4) is 0 Å². The van der Waals surface area contributed by atoms with Crippen LogP contribution in [-0.2, 0) is 4.74 Å². The van der Waals surface area contributed by atoms with E-state index in [1.807, 2.05) is 31.2 Å². The van der Waals surface area contributed by atoms with Crippen molar-refractivity contribution in [3.63, 3.8) is 0 Å². The minimum absolute atomic E-state index is 0.0909. The standard InChI is InChI=1S/C30H45ClO3/c1-4-6-8-9-10-11-12-13-14-22-33-30-20-17-27(23-29(30)31)26-15-18-28(19-16-26)34-24-25(3)32-21-7-5-2/h15-20,23,25H,4-14,21-22,24H2,1-3H3. The van der Waals surface area contributed by atoms with Gasteiger partial charge in [-0.05, 0) is 55.2 Å². The molecule has 0 saturated heterocycles. The Morgan fingerprint density at radius 2 is 1.29 bits per heavy atom. The molecule has 0 saturated carbocycles. The summed E-state index contributed by atoms with van der Waals surface area (Å²) in [5, 5.41) is 0.659. The SMILES string of the molecule is CCCCCCCCCCCOc1ccc(-c2ccc(OCC(C)OCCCC)cc2)cc1Cl. The summed E-state index contributed by atoms with van der Waals surface area (Å²) in [7, 11) is 0. The van der Waals surface area contributed by atoms with Crippen molar-refractivity contribution in [3.05, 3.63) is 47.5 Å². The van der Waals surface area contributed by atoms with Crippen molar-refractivity contribution in [2.24, 2.45) is 0 Å². The lowest BCUT2D eigenvalue weighted by Crippen LogP contribution is -2.18. The van der Waals surface area contributed by atoms with Crippen LogP contribution in [0.1, 0.15) is 91.4 Å². The average molecular weight is 489 g/mol. The van der Waals surface area contributed by atoms with E-state index in [1.165, 1.54) is 51.4 Å². The minimum atomic E-state index is 0.0909. The van der Waals surface area contributed by atoms with Gasteiger partial charge in [-0.2, -0.15) is 0 Å². The van der Waals surface area contributed by atoms with Crippen LogP contribution in [-0.4, -0.2) is 25.9 Å². The molecule has 2 aromatic rings. The molecule has 0 aliphatic rings. The summed E-state index contributed by atoms with van der Waals surface area (Å²) in [6.07, 6.45) is 14.1. The van der Waals surface area contributed by atoms with Gasteiger partial charge in [0.1, 0.15) is 18.1 Å². The molecule has 34 heavy (non-hydrogen) atoms. The van der Waals surface area contributed by atoms with Crippen LogP contribution in [0, 0.1) is 0 Å². The normalized spacial score (nSPS) is 12.0. The molecule has 0 bridgehead atoms. The molecule has 0 heterocycles. The summed E-state index contributed by atoms with van der Waals surface area (Å²) in [6.45, 7) is 8.55. The maximum absolute atomic E-state index is 6.51. The first kappa shape index (κ1) is 28.5. The second-order valence-electron chi connectivity index (χ2n) is 9.19. The molecule has 0 spiro atoms.